The number of aromatic hydroxyl groups is 1. The molecule has 0 aliphatic rings. The van der Waals surface area contributed by atoms with Gasteiger partial charge in [-0.3, -0.25) is 0 Å². The smallest absolute Gasteiger partial charge is 0.216 e. The molecule has 0 bridgehead atoms. The predicted molar refractivity (Wildman–Crippen MR) is 74.0 cm³/mol. The van der Waals surface area contributed by atoms with E-state index < -0.39 is 10.0 Å². The summed E-state index contributed by atoms with van der Waals surface area (Å²) >= 11 is 0. The van der Waals surface area contributed by atoms with Gasteiger partial charge in [-0.15, -0.1) is 0 Å². The number of rotatable bonds is 5. The molecule has 0 aliphatic heterocycles. The first-order valence-corrected chi connectivity index (χ1v) is 7.49. The number of hydrogen-bond donors (Lipinski definition) is 2. The molecule has 19 heavy (non-hydrogen) atoms. The minimum absolute atomic E-state index is 0.0490. The van der Waals surface area contributed by atoms with E-state index in [9.17, 15) is 13.5 Å². The molecule has 0 heterocycles. The average Bonchev–Trinajstić information content (AvgIpc) is 2.37. The molecule has 0 spiro atoms. The summed E-state index contributed by atoms with van der Waals surface area (Å²) < 4.78 is 26.3. The van der Waals surface area contributed by atoms with Crippen LogP contribution in [0.1, 0.15) is 11.1 Å². The maximum atomic E-state index is 11.9. The fraction of sp³-hybridized carbons (Fsp3) is 0.143. The van der Waals surface area contributed by atoms with Crippen molar-refractivity contribution in [2.45, 2.75) is 12.3 Å². The Morgan fingerprint density at radius 1 is 0.947 bits per heavy atom. The van der Waals surface area contributed by atoms with Gasteiger partial charge in [0.2, 0.25) is 10.0 Å². The van der Waals surface area contributed by atoms with Crippen molar-refractivity contribution in [2.24, 2.45) is 0 Å². The molecule has 0 aromatic heterocycles. The lowest BCUT2D eigenvalue weighted by Crippen LogP contribution is -2.24. The van der Waals surface area contributed by atoms with E-state index in [1.807, 2.05) is 6.07 Å². The van der Waals surface area contributed by atoms with Crippen LogP contribution < -0.4 is 4.72 Å². The molecule has 0 saturated carbocycles. The summed E-state index contributed by atoms with van der Waals surface area (Å²) in [4.78, 5) is 0. The molecular weight excluding hydrogens is 262 g/mol. The lowest BCUT2D eigenvalue weighted by Gasteiger charge is -2.07. The van der Waals surface area contributed by atoms with Crippen LogP contribution in [0.4, 0.5) is 0 Å². The van der Waals surface area contributed by atoms with E-state index in [-0.39, 0.29) is 18.0 Å². The summed E-state index contributed by atoms with van der Waals surface area (Å²) in [6, 6.07) is 15.5. The van der Waals surface area contributed by atoms with Gasteiger partial charge in [0.05, 0.1) is 5.75 Å². The quantitative estimate of drug-likeness (QED) is 0.878. The van der Waals surface area contributed by atoms with E-state index in [4.69, 9.17) is 0 Å². The Balaban J connectivity index is 1.98. The highest BCUT2D eigenvalue weighted by atomic mass is 32.2. The summed E-state index contributed by atoms with van der Waals surface area (Å²) in [6.45, 7) is 0.170. The molecule has 0 saturated heterocycles. The van der Waals surface area contributed by atoms with Gasteiger partial charge in [-0.1, -0.05) is 42.5 Å². The zero-order valence-electron chi connectivity index (χ0n) is 10.3. The van der Waals surface area contributed by atoms with Crippen LogP contribution in [0.25, 0.3) is 0 Å². The van der Waals surface area contributed by atoms with Crippen LogP contribution >= 0.6 is 0 Å². The first-order valence-electron chi connectivity index (χ1n) is 5.84. The summed E-state index contributed by atoms with van der Waals surface area (Å²) in [5.74, 6) is 0.0758. The first-order chi connectivity index (χ1) is 9.05. The van der Waals surface area contributed by atoms with Crippen molar-refractivity contribution in [2.75, 3.05) is 0 Å². The Hall–Kier alpha value is -1.85. The molecule has 0 fully saturated rings. The van der Waals surface area contributed by atoms with Gasteiger partial charge in [-0.25, -0.2) is 13.1 Å². The molecule has 5 heteroatoms. The largest absolute Gasteiger partial charge is 0.508 e. The van der Waals surface area contributed by atoms with Gasteiger partial charge in [0.25, 0.3) is 0 Å². The summed E-state index contributed by atoms with van der Waals surface area (Å²) in [7, 11) is -3.38. The zero-order valence-corrected chi connectivity index (χ0v) is 11.1. The van der Waals surface area contributed by atoms with Crippen LogP contribution in [0.2, 0.25) is 0 Å². The zero-order chi connectivity index (χ0) is 13.7. The highest BCUT2D eigenvalue weighted by Crippen LogP contribution is 2.11. The standard InChI is InChI=1S/C14H15NO3S/c16-14-8-4-7-13(9-14)10-15-19(17,18)11-12-5-2-1-3-6-12/h1-9,15-16H,10-11H2. The number of sulfonamides is 1. The van der Waals surface area contributed by atoms with Crippen LogP contribution in [0.5, 0.6) is 5.75 Å². The normalized spacial score (nSPS) is 11.4. The minimum atomic E-state index is -3.38. The van der Waals surface area contributed by atoms with E-state index >= 15 is 0 Å². The van der Waals surface area contributed by atoms with Crippen molar-refractivity contribution in [1.29, 1.82) is 0 Å². The van der Waals surface area contributed by atoms with Crippen molar-refractivity contribution in [1.82, 2.24) is 4.72 Å². The molecule has 2 rings (SSSR count). The van der Waals surface area contributed by atoms with E-state index in [2.05, 4.69) is 4.72 Å². The second kappa shape index (κ2) is 5.86. The highest BCUT2D eigenvalue weighted by Gasteiger charge is 2.10. The third-order valence-electron chi connectivity index (χ3n) is 2.61. The molecule has 0 radical (unpaired) electrons. The predicted octanol–water partition coefficient (Wildman–Crippen LogP) is 2.01. The third kappa shape index (κ3) is 4.39. The summed E-state index contributed by atoms with van der Waals surface area (Å²) in [5, 5.41) is 9.30. The number of phenols is 1. The van der Waals surface area contributed by atoms with Crippen molar-refractivity contribution in [3.8, 4) is 5.75 Å². The number of phenolic OH excluding ortho intramolecular Hbond substituents is 1. The highest BCUT2D eigenvalue weighted by molar-refractivity contribution is 7.88. The van der Waals surface area contributed by atoms with Gasteiger partial charge in [-0.2, -0.15) is 0 Å². The Kier molecular flexibility index (Phi) is 4.19. The molecular formula is C14H15NO3S. The van der Waals surface area contributed by atoms with Gasteiger partial charge in [-0.05, 0) is 23.3 Å². The second-order valence-electron chi connectivity index (χ2n) is 4.24. The molecule has 2 aromatic carbocycles. The second-order valence-corrected chi connectivity index (χ2v) is 6.04. The Bertz CT molecular complexity index is 639. The van der Waals surface area contributed by atoms with Crippen LogP contribution in [0.15, 0.2) is 54.6 Å². The van der Waals surface area contributed by atoms with Gasteiger partial charge >= 0.3 is 0 Å². The molecule has 100 valence electrons. The summed E-state index contributed by atoms with van der Waals surface area (Å²) in [5.41, 5.74) is 1.46. The number of nitrogens with one attached hydrogen (secondary N) is 1. The molecule has 2 N–H and O–H groups in total. The molecule has 0 aliphatic carbocycles. The van der Waals surface area contributed by atoms with Crippen LogP contribution in [0, 0.1) is 0 Å². The van der Waals surface area contributed by atoms with Gasteiger partial charge in [0.1, 0.15) is 5.75 Å². The van der Waals surface area contributed by atoms with Crippen molar-refractivity contribution >= 4 is 10.0 Å². The molecule has 0 atom stereocenters. The fourth-order valence-corrected chi connectivity index (χ4v) is 2.82. The van der Waals surface area contributed by atoms with E-state index in [1.165, 1.54) is 6.07 Å². The van der Waals surface area contributed by atoms with E-state index in [1.54, 1.807) is 42.5 Å². The molecule has 4 nitrogen and oxygen atoms in total. The lowest BCUT2D eigenvalue weighted by molar-refractivity contribution is 0.474. The van der Waals surface area contributed by atoms with E-state index in [0.717, 1.165) is 11.1 Å². The third-order valence-corrected chi connectivity index (χ3v) is 3.90. The fourth-order valence-electron chi connectivity index (χ4n) is 1.70. The molecule has 0 unspecified atom stereocenters. The van der Waals surface area contributed by atoms with Crippen LogP contribution in [-0.4, -0.2) is 13.5 Å². The monoisotopic (exact) mass is 277 g/mol. The van der Waals surface area contributed by atoms with Crippen LogP contribution in [0.3, 0.4) is 0 Å². The number of benzene rings is 2. The Labute approximate surface area is 112 Å². The van der Waals surface area contributed by atoms with Crippen molar-refractivity contribution in [3.05, 3.63) is 65.7 Å². The van der Waals surface area contributed by atoms with Gasteiger partial charge < -0.3 is 5.11 Å². The molecule has 2 aromatic rings. The van der Waals surface area contributed by atoms with E-state index in [0.29, 0.717) is 0 Å². The van der Waals surface area contributed by atoms with Crippen molar-refractivity contribution < 1.29 is 13.5 Å². The molecule has 0 amide bonds. The SMILES string of the molecule is O=S(=O)(Cc1ccccc1)NCc1cccc(O)c1. The van der Waals surface area contributed by atoms with Crippen LogP contribution in [-0.2, 0) is 22.3 Å². The van der Waals surface area contributed by atoms with Gasteiger partial charge in [0.15, 0.2) is 0 Å². The number of hydrogen-bond acceptors (Lipinski definition) is 3. The Morgan fingerprint density at radius 3 is 2.32 bits per heavy atom. The maximum absolute atomic E-state index is 11.9. The van der Waals surface area contributed by atoms with Crippen molar-refractivity contribution in [3.63, 3.8) is 0 Å². The average molecular weight is 277 g/mol. The summed E-state index contributed by atoms with van der Waals surface area (Å²) in [6.07, 6.45) is 0. The minimum Gasteiger partial charge on any atom is -0.508 e. The lowest BCUT2D eigenvalue weighted by atomic mass is 10.2. The Morgan fingerprint density at radius 2 is 1.63 bits per heavy atom. The van der Waals surface area contributed by atoms with Gasteiger partial charge in [0, 0.05) is 6.54 Å². The first kappa shape index (κ1) is 13.6. The topological polar surface area (TPSA) is 66.4 Å². The maximum Gasteiger partial charge on any atom is 0.216 e.